The third-order valence-corrected chi connectivity index (χ3v) is 3.96. The minimum Gasteiger partial charge on any atom is -0.492 e. The Bertz CT molecular complexity index is 1220. The molecule has 2 aromatic carbocycles. The molecule has 0 spiro atoms. The van der Waals surface area contributed by atoms with Gasteiger partial charge in [0.2, 0.25) is 0 Å². The summed E-state index contributed by atoms with van der Waals surface area (Å²) in [5.41, 5.74) is -0.922. The Morgan fingerprint density at radius 1 is 1.21 bits per heavy atom. The van der Waals surface area contributed by atoms with E-state index in [1.807, 2.05) is 20.8 Å². The van der Waals surface area contributed by atoms with Crippen LogP contribution in [0.1, 0.15) is 26.3 Å². The summed E-state index contributed by atoms with van der Waals surface area (Å²) < 4.78 is 6.44. The van der Waals surface area contributed by atoms with Gasteiger partial charge in [-0.1, -0.05) is 32.9 Å². The molecule has 0 fully saturated rings. The maximum absolute atomic E-state index is 12.6. The predicted octanol–water partition coefficient (Wildman–Crippen LogP) is 2.91. The van der Waals surface area contributed by atoms with Crippen molar-refractivity contribution < 1.29 is 9.66 Å². The quantitative estimate of drug-likeness (QED) is 0.404. The van der Waals surface area contributed by atoms with Gasteiger partial charge >= 0.3 is 5.69 Å². The van der Waals surface area contributed by atoms with Crippen LogP contribution in [-0.4, -0.2) is 27.4 Å². The van der Waals surface area contributed by atoms with Crippen LogP contribution in [0.4, 0.5) is 5.69 Å². The molecule has 3 aromatic rings. The molecule has 0 saturated heterocycles. The molecular formula is C20H20N4O5. The zero-order valence-electron chi connectivity index (χ0n) is 16.2. The highest BCUT2D eigenvalue weighted by Gasteiger charge is 2.15. The van der Waals surface area contributed by atoms with Gasteiger partial charge in [-0.3, -0.25) is 14.9 Å². The first-order valence-corrected chi connectivity index (χ1v) is 8.85. The Morgan fingerprint density at radius 3 is 2.62 bits per heavy atom. The van der Waals surface area contributed by atoms with E-state index < -0.39 is 16.2 Å². The van der Waals surface area contributed by atoms with Crippen molar-refractivity contribution in [2.24, 2.45) is 10.5 Å². The first-order chi connectivity index (χ1) is 13.7. The number of H-pyrrole nitrogens is 1. The third-order valence-electron chi connectivity index (χ3n) is 3.96. The van der Waals surface area contributed by atoms with Crippen molar-refractivity contribution in [3.8, 4) is 5.75 Å². The number of nitro benzene ring substituents is 1. The van der Waals surface area contributed by atoms with Gasteiger partial charge in [0, 0.05) is 17.7 Å². The lowest BCUT2D eigenvalue weighted by molar-refractivity contribution is -0.384. The Labute approximate surface area is 165 Å². The van der Waals surface area contributed by atoms with Crippen LogP contribution in [0.25, 0.3) is 10.9 Å². The van der Waals surface area contributed by atoms with Crippen molar-refractivity contribution in [3.63, 3.8) is 0 Å². The van der Waals surface area contributed by atoms with Gasteiger partial charge in [0.15, 0.2) is 0 Å². The van der Waals surface area contributed by atoms with Crippen molar-refractivity contribution in [2.75, 3.05) is 6.61 Å². The molecule has 29 heavy (non-hydrogen) atoms. The SMILES string of the molecule is CC(C)(C)COc1ccc([N+](=O)[O-])cc1C=Nn1c(=O)[nH]c2ccccc2c1=O. The second-order valence-electron chi connectivity index (χ2n) is 7.67. The molecule has 0 aliphatic heterocycles. The number of aromatic nitrogens is 2. The Hall–Kier alpha value is -3.75. The highest BCUT2D eigenvalue weighted by molar-refractivity contribution is 5.85. The molecule has 0 atom stereocenters. The zero-order valence-corrected chi connectivity index (χ0v) is 16.2. The Morgan fingerprint density at radius 2 is 1.93 bits per heavy atom. The van der Waals surface area contributed by atoms with Crippen LogP contribution in [0.15, 0.2) is 57.2 Å². The molecule has 0 unspecified atom stereocenters. The van der Waals surface area contributed by atoms with Gasteiger partial charge in [-0.05, 0) is 23.6 Å². The van der Waals surface area contributed by atoms with Crippen LogP contribution >= 0.6 is 0 Å². The molecular weight excluding hydrogens is 376 g/mol. The van der Waals surface area contributed by atoms with E-state index in [-0.39, 0.29) is 16.7 Å². The van der Waals surface area contributed by atoms with Crippen LogP contribution in [0.3, 0.4) is 0 Å². The molecule has 3 rings (SSSR count). The van der Waals surface area contributed by atoms with E-state index in [4.69, 9.17) is 4.74 Å². The summed E-state index contributed by atoms with van der Waals surface area (Å²) in [6, 6.07) is 10.6. The Kier molecular flexibility index (Phi) is 5.31. The number of nitrogens with one attached hydrogen (secondary N) is 1. The van der Waals surface area contributed by atoms with E-state index in [2.05, 4.69) is 10.1 Å². The van der Waals surface area contributed by atoms with Gasteiger partial charge in [0.1, 0.15) is 5.75 Å². The van der Waals surface area contributed by atoms with Crippen LogP contribution in [0, 0.1) is 15.5 Å². The monoisotopic (exact) mass is 396 g/mol. The highest BCUT2D eigenvalue weighted by Crippen LogP contribution is 2.25. The van der Waals surface area contributed by atoms with E-state index in [0.29, 0.717) is 27.9 Å². The third kappa shape index (κ3) is 4.57. The molecule has 1 N–H and O–H groups in total. The molecule has 1 aromatic heterocycles. The number of para-hydroxylation sites is 1. The summed E-state index contributed by atoms with van der Waals surface area (Å²) in [5, 5.41) is 15.4. The summed E-state index contributed by atoms with van der Waals surface area (Å²) in [7, 11) is 0. The largest absolute Gasteiger partial charge is 0.492 e. The normalized spacial score (nSPS) is 11.8. The van der Waals surface area contributed by atoms with Gasteiger partial charge < -0.3 is 9.72 Å². The number of hydrogen-bond acceptors (Lipinski definition) is 6. The molecule has 0 radical (unpaired) electrons. The fourth-order valence-electron chi connectivity index (χ4n) is 2.55. The number of aromatic amines is 1. The number of benzene rings is 2. The van der Waals surface area contributed by atoms with E-state index in [1.54, 1.807) is 24.3 Å². The van der Waals surface area contributed by atoms with Crippen LogP contribution < -0.4 is 16.0 Å². The summed E-state index contributed by atoms with van der Waals surface area (Å²) >= 11 is 0. The minimum atomic E-state index is -0.715. The van der Waals surface area contributed by atoms with Crippen molar-refractivity contribution in [3.05, 3.63) is 79.0 Å². The molecule has 150 valence electrons. The molecule has 9 nitrogen and oxygen atoms in total. The van der Waals surface area contributed by atoms with Crippen molar-refractivity contribution in [1.29, 1.82) is 0 Å². The summed E-state index contributed by atoms with van der Waals surface area (Å²) in [6.45, 7) is 6.32. The summed E-state index contributed by atoms with van der Waals surface area (Å²) in [6.07, 6.45) is 1.20. The van der Waals surface area contributed by atoms with E-state index >= 15 is 0 Å². The average molecular weight is 396 g/mol. The van der Waals surface area contributed by atoms with Crippen LogP contribution in [0.5, 0.6) is 5.75 Å². The smallest absolute Gasteiger partial charge is 0.349 e. The van der Waals surface area contributed by atoms with Crippen molar-refractivity contribution >= 4 is 22.8 Å². The number of hydrogen-bond donors (Lipinski definition) is 1. The second kappa shape index (κ2) is 7.70. The number of rotatable bonds is 5. The van der Waals surface area contributed by atoms with Gasteiger partial charge in [0.25, 0.3) is 11.2 Å². The van der Waals surface area contributed by atoms with Crippen molar-refractivity contribution in [1.82, 2.24) is 9.66 Å². The predicted molar refractivity (Wildman–Crippen MR) is 110 cm³/mol. The number of nitro groups is 1. The molecule has 0 saturated carbocycles. The van der Waals surface area contributed by atoms with Gasteiger partial charge in [-0.25, -0.2) is 4.79 Å². The van der Waals surface area contributed by atoms with Gasteiger partial charge in [-0.2, -0.15) is 5.10 Å². The summed E-state index contributed by atoms with van der Waals surface area (Å²) in [4.78, 5) is 38.0. The molecule has 1 heterocycles. The average Bonchev–Trinajstić information content (AvgIpc) is 2.65. The van der Waals surface area contributed by atoms with Gasteiger partial charge in [-0.15, -0.1) is 4.68 Å². The molecule has 0 aliphatic rings. The lowest BCUT2D eigenvalue weighted by Gasteiger charge is -2.19. The first kappa shape index (κ1) is 20.0. The van der Waals surface area contributed by atoms with Crippen molar-refractivity contribution in [2.45, 2.75) is 20.8 Å². The molecule has 9 heteroatoms. The fourth-order valence-corrected chi connectivity index (χ4v) is 2.55. The highest BCUT2D eigenvalue weighted by atomic mass is 16.6. The van der Waals surface area contributed by atoms with E-state index in [0.717, 1.165) is 0 Å². The maximum Gasteiger partial charge on any atom is 0.349 e. The summed E-state index contributed by atoms with van der Waals surface area (Å²) in [5.74, 6) is 0.361. The maximum atomic E-state index is 12.6. The van der Waals surface area contributed by atoms with E-state index in [1.165, 1.54) is 24.4 Å². The van der Waals surface area contributed by atoms with Crippen LogP contribution in [0.2, 0.25) is 0 Å². The number of fused-ring (bicyclic) bond motifs is 1. The van der Waals surface area contributed by atoms with Crippen LogP contribution in [-0.2, 0) is 0 Å². The topological polar surface area (TPSA) is 120 Å². The first-order valence-electron chi connectivity index (χ1n) is 8.85. The standard InChI is InChI=1S/C20H20N4O5/c1-20(2,3)12-29-17-9-8-14(24(27)28)10-13(17)11-21-23-18(25)15-6-4-5-7-16(15)22-19(23)26/h4-11H,12H2,1-3H3,(H,22,26). The molecule has 0 aliphatic carbocycles. The molecule has 0 amide bonds. The molecule has 0 bridgehead atoms. The number of non-ortho nitro benzene ring substituents is 1. The fraction of sp³-hybridized carbons (Fsp3) is 0.250. The lowest BCUT2D eigenvalue weighted by atomic mass is 9.98. The lowest BCUT2D eigenvalue weighted by Crippen LogP contribution is -2.32. The second-order valence-corrected chi connectivity index (χ2v) is 7.67. The zero-order chi connectivity index (χ0) is 21.2. The van der Waals surface area contributed by atoms with E-state index in [9.17, 15) is 19.7 Å². The number of nitrogens with zero attached hydrogens (tertiary/aromatic N) is 3. The number of ether oxygens (including phenoxy) is 1. The Balaban J connectivity index is 2.06. The van der Waals surface area contributed by atoms with Gasteiger partial charge in [0.05, 0.1) is 28.6 Å². The minimum absolute atomic E-state index is 0.136.